The van der Waals surface area contributed by atoms with E-state index >= 15 is 0 Å². The topological polar surface area (TPSA) is 88.2 Å². The molecule has 2 aromatic rings. The van der Waals surface area contributed by atoms with E-state index in [9.17, 15) is 18.9 Å². The number of nitrogens with zero attached hydrogens (tertiary/aromatic N) is 2. The van der Waals surface area contributed by atoms with Gasteiger partial charge in [-0.25, -0.2) is 8.78 Å². The van der Waals surface area contributed by atoms with E-state index in [1.807, 2.05) is 6.07 Å². The number of ether oxygens (including phenoxy) is 1. The van der Waals surface area contributed by atoms with E-state index in [1.165, 1.54) is 18.2 Å². The molecular weight excluding hydrogens is 320 g/mol. The van der Waals surface area contributed by atoms with E-state index in [2.05, 4.69) is 5.32 Å². The summed E-state index contributed by atoms with van der Waals surface area (Å²) in [4.78, 5) is 10.1. The molecule has 0 heterocycles. The molecule has 0 saturated carbocycles. The molecule has 0 bridgehead atoms. The maximum absolute atomic E-state index is 13.5. The lowest BCUT2D eigenvalue weighted by molar-refractivity contribution is -0.384. The first-order valence-electron chi connectivity index (χ1n) is 6.93. The van der Waals surface area contributed by atoms with Gasteiger partial charge in [-0.15, -0.1) is 0 Å². The van der Waals surface area contributed by atoms with E-state index < -0.39 is 16.6 Å². The molecule has 0 aromatic heterocycles. The fourth-order valence-corrected chi connectivity index (χ4v) is 1.98. The lowest BCUT2D eigenvalue weighted by Crippen LogP contribution is -2.24. The van der Waals surface area contributed by atoms with Crippen LogP contribution in [0.25, 0.3) is 0 Å². The molecule has 24 heavy (non-hydrogen) atoms. The lowest BCUT2D eigenvalue weighted by atomic mass is 10.1. The number of nitriles is 1. The van der Waals surface area contributed by atoms with E-state index in [-0.39, 0.29) is 29.6 Å². The molecule has 1 N–H and O–H groups in total. The smallest absolute Gasteiger partial charge is 0.270 e. The van der Waals surface area contributed by atoms with Crippen molar-refractivity contribution in [3.05, 3.63) is 63.7 Å². The number of nitro benzene ring substituents is 1. The number of hydrogen-bond acceptors (Lipinski definition) is 5. The molecule has 0 aliphatic carbocycles. The zero-order chi connectivity index (χ0) is 17.7. The minimum absolute atomic E-state index is 0.0460. The molecule has 2 aromatic carbocycles. The Hall–Kier alpha value is -3.21. The zero-order valence-electron chi connectivity index (χ0n) is 12.6. The number of halogens is 2. The standard InChI is InChI=1S/C16H13F2N3O3/c1-10(9-24-16-5-2-12(17)7-14(16)18)20-15-4-3-13(21(22)23)6-11(15)8-19/h2-7,10,20H,9H2,1H3. The quantitative estimate of drug-likeness (QED) is 0.644. The third kappa shape index (κ3) is 4.16. The number of non-ortho nitro benzene ring substituents is 1. The Balaban J connectivity index is 2.03. The summed E-state index contributed by atoms with van der Waals surface area (Å²) in [5, 5.41) is 22.8. The predicted octanol–water partition coefficient (Wildman–Crippen LogP) is 3.62. The Morgan fingerprint density at radius 3 is 2.71 bits per heavy atom. The fourth-order valence-electron chi connectivity index (χ4n) is 1.98. The van der Waals surface area contributed by atoms with Crippen molar-refractivity contribution >= 4 is 11.4 Å². The number of rotatable bonds is 6. The molecule has 0 radical (unpaired) electrons. The van der Waals surface area contributed by atoms with Gasteiger partial charge in [0.2, 0.25) is 0 Å². The van der Waals surface area contributed by atoms with Gasteiger partial charge in [0, 0.05) is 18.2 Å². The van der Waals surface area contributed by atoms with Crippen LogP contribution in [0.3, 0.4) is 0 Å². The Morgan fingerprint density at radius 2 is 2.08 bits per heavy atom. The third-order valence-electron chi connectivity index (χ3n) is 3.12. The number of nitro groups is 1. The molecule has 0 amide bonds. The Bertz CT molecular complexity index is 806. The first-order valence-corrected chi connectivity index (χ1v) is 6.93. The van der Waals surface area contributed by atoms with Crippen molar-refractivity contribution < 1.29 is 18.4 Å². The zero-order valence-corrected chi connectivity index (χ0v) is 12.6. The van der Waals surface area contributed by atoms with Gasteiger partial charge in [0.05, 0.1) is 22.2 Å². The number of nitrogens with one attached hydrogen (secondary N) is 1. The van der Waals surface area contributed by atoms with Crippen LogP contribution < -0.4 is 10.1 Å². The largest absolute Gasteiger partial charge is 0.488 e. The molecule has 1 atom stereocenters. The Kier molecular flexibility index (Phi) is 5.27. The van der Waals surface area contributed by atoms with Crippen LogP contribution in [0.4, 0.5) is 20.2 Å². The van der Waals surface area contributed by atoms with Crippen LogP contribution in [0.1, 0.15) is 12.5 Å². The second-order valence-electron chi connectivity index (χ2n) is 5.03. The molecule has 1 unspecified atom stereocenters. The van der Waals surface area contributed by atoms with E-state index in [0.717, 1.165) is 18.2 Å². The van der Waals surface area contributed by atoms with Gasteiger partial charge < -0.3 is 10.1 Å². The second-order valence-corrected chi connectivity index (χ2v) is 5.03. The van der Waals surface area contributed by atoms with Gasteiger partial charge in [0.25, 0.3) is 5.69 Å². The van der Waals surface area contributed by atoms with Crippen LogP contribution in [0.5, 0.6) is 5.75 Å². The van der Waals surface area contributed by atoms with Gasteiger partial charge in [0.15, 0.2) is 11.6 Å². The molecule has 6 nitrogen and oxygen atoms in total. The van der Waals surface area contributed by atoms with Crippen molar-refractivity contribution in [2.45, 2.75) is 13.0 Å². The lowest BCUT2D eigenvalue weighted by Gasteiger charge is -2.17. The molecule has 0 saturated heterocycles. The normalized spacial score (nSPS) is 11.4. The van der Waals surface area contributed by atoms with Crippen LogP contribution >= 0.6 is 0 Å². The monoisotopic (exact) mass is 333 g/mol. The van der Waals surface area contributed by atoms with Crippen molar-refractivity contribution in [2.24, 2.45) is 0 Å². The van der Waals surface area contributed by atoms with Crippen LogP contribution in [0, 0.1) is 33.1 Å². The van der Waals surface area contributed by atoms with E-state index in [4.69, 9.17) is 10.00 Å². The summed E-state index contributed by atoms with van der Waals surface area (Å²) < 4.78 is 31.6. The molecule has 2 rings (SSSR count). The summed E-state index contributed by atoms with van der Waals surface area (Å²) in [5.74, 6) is -1.60. The molecule has 0 spiro atoms. The van der Waals surface area contributed by atoms with Crippen molar-refractivity contribution in [3.8, 4) is 11.8 Å². The fraction of sp³-hybridized carbons (Fsp3) is 0.188. The predicted molar refractivity (Wildman–Crippen MR) is 82.7 cm³/mol. The average Bonchev–Trinajstić information content (AvgIpc) is 2.54. The molecule has 8 heteroatoms. The highest BCUT2D eigenvalue weighted by Crippen LogP contribution is 2.22. The van der Waals surface area contributed by atoms with Crippen LogP contribution in [-0.2, 0) is 0 Å². The van der Waals surface area contributed by atoms with Crippen molar-refractivity contribution in [2.75, 3.05) is 11.9 Å². The highest BCUT2D eigenvalue weighted by atomic mass is 19.1. The number of anilines is 1. The van der Waals surface area contributed by atoms with E-state index in [1.54, 1.807) is 6.92 Å². The summed E-state index contributed by atoms with van der Waals surface area (Å²) in [7, 11) is 0. The molecule has 0 aliphatic rings. The maximum Gasteiger partial charge on any atom is 0.270 e. The van der Waals surface area contributed by atoms with Crippen LogP contribution in [-0.4, -0.2) is 17.6 Å². The highest BCUT2D eigenvalue weighted by Gasteiger charge is 2.13. The minimum Gasteiger partial charge on any atom is -0.488 e. The van der Waals surface area contributed by atoms with E-state index in [0.29, 0.717) is 5.69 Å². The summed E-state index contributed by atoms with van der Waals surface area (Å²) in [6, 6.07) is 8.39. The van der Waals surface area contributed by atoms with Crippen molar-refractivity contribution in [1.29, 1.82) is 5.26 Å². The second kappa shape index (κ2) is 7.37. The number of hydrogen-bond donors (Lipinski definition) is 1. The van der Waals surface area contributed by atoms with Crippen molar-refractivity contribution in [3.63, 3.8) is 0 Å². The summed E-state index contributed by atoms with van der Waals surface area (Å²) in [5.41, 5.74) is 0.331. The minimum atomic E-state index is -0.810. The van der Waals surface area contributed by atoms with Gasteiger partial charge in [-0.1, -0.05) is 0 Å². The molecular formula is C16H13F2N3O3. The van der Waals surface area contributed by atoms with Gasteiger partial charge in [-0.3, -0.25) is 10.1 Å². The molecule has 124 valence electrons. The summed E-state index contributed by atoms with van der Waals surface area (Å²) in [6.07, 6.45) is 0. The Morgan fingerprint density at radius 1 is 1.33 bits per heavy atom. The summed E-state index contributed by atoms with van der Waals surface area (Å²) >= 11 is 0. The maximum atomic E-state index is 13.5. The Labute approximate surface area is 136 Å². The van der Waals surface area contributed by atoms with Crippen LogP contribution in [0.15, 0.2) is 36.4 Å². The van der Waals surface area contributed by atoms with Crippen molar-refractivity contribution in [1.82, 2.24) is 0 Å². The molecule has 0 fully saturated rings. The van der Waals surface area contributed by atoms with Gasteiger partial charge in [-0.05, 0) is 25.1 Å². The average molecular weight is 333 g/mol. The first kappa shape index (κ1) is 17.1. The molecule has 0 aliphatic heterocycles. The number of benzene rings is 2. The summed E-state index contributed by atoms with van der Waals surface area (Å²) in [6.45, 7) is 1.77. The SMILES string of the molecule is CC(COc1ccc(F)cc1F)Nc1ccc([N+](=O)[O-])cc1C#N. The third-order valence-corrected chi connectivity index (χ3v) is 3.12. The van der Waals surface area contributed by atoms with Gasteiger partial charge >= 0.3 is 0 Å². The first-order chi connectivity index (χ1) is 11.4. The van der Waals surface area contributed by atoms with Crippen LogP contribution in [0.2, 0.25) is 0 Å². The van der Waals surface area contributed by atoms with Gasteiger partial charge in [-0.2, -0.15) is 5.26 Å². The van der Waals surface area contributed by atoms with Gasteiger partial charge in [0.1, 0.15) is 18.5 Å². The highest BCUT2D eigenvalue weighted by molar-refractivity contribution is 5.61.